The molecule has 2 aromatic heterocycles. The average molecular weight is 310 g/mol. The van der Waals surface area contributed by atoms with Crippen molar-refractivity contribution in [1.82, 2.24) is 5.16 Å². The second-order valence-corrected chi connectivity index (χ2v) is 6.29. The van der Waals surface area contributed by atoms with Gasteiger partial charge in [-0.25, -0.2) is 0 Å². The summed E-state index contributed by atoms with van der Waals surface area (Å²) in [6, 6.07) is 7.63. The largest absolute Gasteiger partial charge is 0.451 e. The van der Waals surface area contributed by atoms with Crippen molar-refractivity contribution in [2.75, 3.05) is 5.32 Å². The summed E-state index contributed by atoms with van der Waals surface area (Å²) in [4.78, 5) is 12.6. The molecule has 5 heteroatoms. The number of fused-ring (bicyclic) bond motifs is 2. The Labute approximate surface area is 133 Å². The van der Waals surface area contributed by atoms with E-state index in [4.69, 9.17) is 8.94 Å². The number of amides is 1. The molecule has 1 amide bonds. The number of aryl methyl sites for hydroxylation is 2. The predicted molar refractivity (Wildman–Crippen MR) is 86.6 cm³/mol. The van der Waals surface area contributed by atoms with Crippen LogP contribution in [0.3, 0.4) is 0 Å². The van der Waals surface area contributed by atoms with Crippen molar-refractivity contribution in [3.05, 3.63) is 46.8 Å². The number of para-hydroxylation sites is 1. The third-order valence-electron chi connectivity index (χ3n) is 4.57. The average Bonchev–Trinajstić information content (AvgIpc) is 3.09. The molecule has 0 saturated heterocycles. The smallest absolute Gasteiger partial charge is 0.294 e. The van der Waals surface area contributed by atoms with Crippen molar-refractivity contribution in [1.29, 1.82) is 0 Å². The lowest BCUT2D eigenvalue weighted by atomic mass is 9.89. The summed E-state index contributed by atoms with van der Waals surface area (Å²) in [7, 11) is 0. The van der Waals surface area contributed by atoms with Gasteiger partial charge in [0.15, 0.2) is 5.76 Å². The number of benzene rings is 1. The van der Waals surface area contributed by atoms with E-state index in [0.717, 1.165) is 41.5 Å². The van der Waals surface area contributed by atoms with Gasteiger partial charge in [0.2, 0.25) is 5.88 Å². The van der Waals surface area contributed by atoms with E-state index in [1.807, 2.05) is 31.2 Å². The van der Waals surface area contributed by atoms with Crippen molar-refractivity contribution in [2.45, 2.75) is 33.1 Å². The van der Waals surface area contributed by atoms with Gasteiger partial charge in [-0.15, -0.1) is 0 Å². The maximum atomic E-state index is 12.6. The zero-order valence-electron chi connectivity index (χ0n) is 13.2. The lowest BCUT2D eigenvalue weighted by Crippen LogP contribution is -2.16. The fourth-order valence-corrected chi connectivity index (χ4v) is 3.23. The molecule has 1 aromatic carbocycles. The quantitative estimate of drug-likeness (QED) is 0.773. The number of carbonyl (C=O) groups is 1. The summed E-state index contributed by atoms with van der Waals surface area (Å²) in [5.41, 5.74) is 3.52. The van der Waals surface area contributed by atoms with Crippen LogP contribution < -0.4 is 5.32 Å². The van der Waals surface area contributed by atoms with Gasteiger partial charge in [0, 0.05) is 16.5 Å². The van der Waals surface area contributed by atoms with Crippen molar-refractivity contribution >= 4 is 22.8 Å². The molecular formula is C18H18N2O3. The number of hydrogen-bond acceptors (Lipinski definition) is 4. The molecule has 23 heavy (non-hydrogen) atoms. The van der Waals surface area contributed by atoms with E-state index in [1.54, 1.807) is 0 Å². The molecule has 4 rings (SSSR count). The van der Waals surface area contributed by atoms with Crippen molar-refractivity contribution in [2.24, 2.45) is 5.92 Å². The summed E-state index contributed by atoms with van der Waals surface area (Å²) < 4.78 is 11.0. The first-order valence-electron chi connectivity index (χ1n) is 7.90. The minimum absolute atomic E-state index is 0.295. The maximum Gasteiger partial charge on any atom is 0.294 e. The highest BCUT2D eigenvalue weighted by atomic mass is 16.5. The molecule has 1 atom stereocenters. The molecule has 0 bridgehead atoms. The first-order valence-corrected chi connectivity index (χ1v) is 7.90. The molecule has 1 aliphatic rings. The van der Waals surface area contributed by atoms with Crippen LogP contribution in [-0.4, -0.2) is 11.1 Å². The van der Waals surface area contributed by atoms with Gasteiger partial charge in [0.25, 0.3) is 5.91 Å². The normalized spacial score (nSPS) is 17.2. The van der Waals surface area contributed by atoms with E-state index < -0.39 is 0 Å². The number of nitrogens with one attached hydrogen (secondary N) is 1. The Kier molecular flexibility index (Phi) is 3.22. The predicted octanol–water partition coefficient (Wildman–Crippen LogP) is 4.11. The van der Waals surface area contributed by atoms with Gasteiger partial charge in [-0.05, 0) is 38.2 Å². The standard InChI is InChI=1S/C18H18N2O3/c1-10-7-8-14-13(9-10)18(23-20-14)19-17(21)16-11(2)12-5-3-4-6-15(12)22-16/h3-6,10H,7-9H2,1-2H3,(H,19,21)/t10-/m0/s1. The monoisotopic (exact) mass is 310 g/mol. The fraction of sp³-hybridized carbons (Fsp3) is 0.333. The summed E-state index contributed by atoms with van der Waals surface area (Å²) in [6.45, 7) is 4.09. The number of rotatable bonds is 2. The Morgan fingerprint density at radius 1 is 1.35 bits per heavy atom. The number of nitrogens with zero attached hydrogens (tertiary/aromatic N) is 1. The number of anilines is 1. The summed E-state index contributed by atoms with van der Waals surface area (Å²) in [5, 5.41) is 7.86. The highest BCUT2D eigenvalue weighted by Crippen LogP contribution is 2.31. The Morgan fingerprint density at radius 2 is 2.17 bits per heavy atom. The van der Waals surface area contributed by atoms with Crippen LogP contribution in [0, 0.1) is 12.8 Å². The number of carbonyl (C=O) groups excluding carboxylic acids is 1. The van der Waals surface area contributed by atoms with Crippen molar-refractivity contribution < 1.29 is 13.7 Å². The highest BCUT2D eigenvalue weighted by molar-refractivity contribution is 6.06. The second-order valence-electron chi connectivity index (χ2n) is 6.29. The fourth-order valence-electron chi connectivity index (χ4n) is 3.23. The van der Waals surface area contributed by atoms with Gasteiger partial charge in [0.05, 0.1) is 5.69 Å². The molecule has 0 unspecified atom stereocenters. The van der Waals surface area contributed by atoms with E-state index in [0.29, 0.717) is 23.1 Å². The molecule has 0 fully saturated rings. The lowest BCUT2D eigenvalue weighted by molar-refractivity contribution is 0.0994. The molecule has 0 aliphatic heterocycles. The zero-order chi connectivity index (χ0) is 16.0. The van der Waals surface area contributed by atoms with Gasteiger partial charge in [-0.2, -0.15) is 0 Å². The minimum atomic E-state index is -0.295. The Bertz CT molecular complexity index is 891. The molecule has 0 radical (unpaired) electrons. The first kappa shape index (κ1) is 14.1. The van der Waals surface area contributed by atoms with E-state index in [9.17, 15) is 4.79 Å². The molecular weight excluding hydrogens is 292 g/mol. The molecule has 0 spiro atoms. The van der Waals surface area contributed by atoms with E-state index >= 15 is 0 Å². The van der Waals surface area contributed by atoms with E-state index in [2.05, 4.69) is 17.4 Å². The van der Waals surface area contributed by atoms with Crippen LogP contribution in [0.25, 0.3) is 11.0 Å². The Balaban J connectivity index is 1.65. The highest BCUT2D eigenvalue weighted by Gasteiger charge is 2.26. The molecule has 2 heterocycles. The van der Waals surface area contributed by atoms with Gasteiger partial charge >= 0.3 is 0 Å². The van der Waals surface area contributed by atoms with Crippen LogP contribution in [-0.2, 0) is 12.8 Å². The van der Waals surface area contributed by atoms with Gasteiger partial charge in [-0.3, -0.25) is 10.1 Å². The van der Waals surface area contributed by atoms with Crippen LogP contribution in [0.2, 0.25) is 0 Å². The molecule has 118 valence electrons. The SMILES string of the molecule is Cc1c(C(=O)Nc2onc3c2C[C@@H](C)CC3)oc2ccccc12. The maximum absolute atomic E-state index is 12.6. The van der Waals surface area contributed by atoms with Crippen LogP contribution in [0.4, 0.5) is 5.88 Å². The van der Waals surface area contributed by atoms with E-state index in [1.165, 1.54) is 0 Å². The Hall–Kier alpha value is -2.56. The lowest BCUT2D eigenvalue weighted by Gasteiger charge is -2.16. The van der Waals surface area contributed by atoms with Crippen LogP contribution in [0.1, 0.15) is 40.7 Å². The molecule has 1 aliphatic carbocycles. The Morgan fingerprint density at radius 3 is 3.00 bits per heavy atom. The summed E-state index contributed by atoms with van der Waals surface area (Å²) in [5.74, 6) is 1.05. The third kappa shape index (κ3) is 2.32. The van der Waals surface area contributed by atoms with Gasteiger partial charge in [0.1, 0.15) is 5.58 Å². The van der Waals surface area contributed by atoms with Crippen LogP contribution >= 0.6 is 0 Å². The van der Waals surface area contributed by atoms with Gasteiger partial charge < -0.3 is 8.94 Å². The number of furan rings is 1. The molecule has 5 nitrogen and oxygen atoms in total. The molecule has 0 saturated carbocycles. The molecule has 3 aromatic rings. The van der Waals surface area contributed by atoms with Gasteiger partial charge in [-0.1, -0.05) is 30.3 Å². The van der Waals surface area contributed by atoms with E-state index in [-0.39, 0.29) is 5.91 Å². The minimum Gasteiger partial charge on any atom is -0.451 e. The number of hydrogen-bond donors (Lipinski definition) is 1. The first-order chi connectivity index (χ1) is 11.1. The van der Waals surface area contributed by atoms with Crippen molar-refractivity contribution in [3.8, 4) is 0 Å². The third-order valence-corrected chi connectivity index (χ3v) is 4.57. The topological polar surface area (TPSA) is 68.3 Å². The molecule has 1 N–H and O–H groups in total. The van der Waals surface area contributed by atoms with Crippen molar-refractivity contribution in [3.63, 3.8) is 0 Å². The second kappa shape index (κ2) is 5.26. The van der Waals surface area contributed by atoms with Crippen LogP contribution in [0.5, 0.6) is 0 Å². The summed E-state index contributed by atoms with van der Waals surface area (Å²) in [6.07, 6.45) is 2.89. The number of aromatic nitrogens is 1. The summed E-state index contributed by atoms with van der Waals surface area (Å²) >= 11 is 0. The zero-order valence-corrected chi connectivity index (χ0v) is 13.2. The van der Waals surface area contributed by atoms with Crippen LogP contribution in [0.15, 0.2) is 33.2 Å².